The largest absolute Gasteiger partial charge is 0.299 e. The van der Waals surface area contributed by atoms with Crippen LogP contribution < -0.4 is 9.62 Å². The molecule has 0 bridgehead atoms. The molecule has 1 amide bonds. The highest BCUT2D eigenvalue weighted by molar-refractivity contribution is 7.92. The maximum Gasteiger partial charge on any atom is 0.246 e. The van der Waals surface area contributed by atoms with Crippen molar-refractivity contribution in [2.75, 3.05) is 22.4 Å². The molecule has 0 unspecified atom stereocenters. The first kappa shape index (κ1) is 22.8. The fraction of sp³-hybridized carbons (Fsp3) is 0.167. The molecule has 158 valence electrons. The molecule has 3 rings (SSSR count). The number of nitrogens with one attached hydrogen (secondary N) is 1. The molecular weight excluding hydrogens is 491 g/mol. The normalized spacial score (nSPS) is 11.4. The fourth-order valence-electron chi connectivity index (χ4n) is 2.46. The van der Waals surface area contributed by atoms with Gasteiger partial charge in [-0.25, -0.2) is 8.42 Å². The lowest BCUT2D eigenvalue weighted by molar-refractivity contribution is -0.114. The van der Waals surface area contributed by atoms with Gasteiger partial charge in [0.2, 0.25) is 21.1 Å². The van der Waals surface area contributed by atoms with Crippen LogP contribution in [0.3, 0.4) is 0 Å². The Hall–Kier alpha value is -1.91. The lowest BCUT2D eigenvalue weighted by Gasteiger charge is -2.23. The van der Waals surface area contributed by atoms with Crippen molar-refractivity contribution in [1.29, 1.82) is 0 Å². The Balaban J connectivity index is 1.79. The summed E-state index contributed by atoms with van der Waals surface area (Å²) < 4.78 is 25.4. The van der Waals surface area contributed by atoms with Crippen LogP contribution in [0.5, 0.6) is 0 Å². The highest BCUT2D eigenvalue weighted by Gasteiger charge is 2.25. The minimum Gasteiger partial charge on any atom is -0.299 e. The van der Waals surface area contributed by atoms with Gasteiger partial charge in [0.15, 0.2) is 0 Å². The number of benzene rings is 2. The maximum absolute atomic E-state index is 12.5. The third-order valence-electron chi connectivity index (χ3n) is 3.92. The van der Waals surface area contributed by atoms with E-state index < -0.39 is 22.5 Å². The SMILES string of the molecule is Cc1ccc(-c2nnc(NC(=O)CN(c3cc(Cl)c(Cl)cc3Cl)S(C)(=O)=O)s2)cc1. The highest BCUT2D eigenvalue weighted by atomic mass is 35.5. The molecule has 30 heavy (non-hydrogen) atoms. The number of hydrogen-bond acceptors (Lipinski definition) is 6. The standard InChI is InChI=1S/C18H15Cl3N4O3S2/c1-10-3-5-11(6-4-10)17-23-24-18(29-17)22-16(26)9-25(30(2,27)28)15-8-13(20)12(19)7-14(15)21/h3-8H,9H2,1-2H3,(H,22,24,26). The van der Waals surface area contributed by atoms with Crippen molar-refractivity contribution < 1.29 is 13.2 Å². The van der Waals surface area contributed by atoms with E-state index in [1.165, 1.54) is 23.5 Å². The molecule has 2 aromatic carbocycles. The van der Waals surface area contributed by atoms with Crippen molar-refractivity contribution in [2.24, 2.45) is 0 Å². The Labute approximate surface area is 192 Å². The van der Waals surface area contributed by atoms with E-state index in [4.69, 9.17) is 34.8 Å². The summed E-state index contributed by atoms with van der Waals surface area (Å²) >= 11 is 19.2. The van der Waals surface area contributed by atoms with Gasteiger partial charge in [-0.1, -0.05) is 76.0 Å². The zero-order valence-electron chi connectivity index (χ0n) is 15.7. The topological polar surface area (TPSA) is 92.3 Å². The molecule has 0 aliphatic heterocycles. The van der Waals surface area contributed by atoms with Crippen LogP contribution in [0.2, 0.25) is 15.1 Å². The highest BCUT2D eigenvalue weighted by Crippen LogP contribution is 2.35. The van der Waals surface area contributed by atoms with E-state index in [-0.39, 0.29) is 25.9 Å². The molecular formula is C18H15Cl3N4O3S2. The van der Waals surface area contributed by atoms with Gasteiger partial charge < -0.3 is 0 Å². The van der Waals surface area contributed by atoms with Gasteiger partial charge in [0, 0.05) is 5.56 Å². The quantitative estimate of drug-likeness (QED) is 0.482. The van der Waals surface area contributed by atoms with Crippen molar-refractivity contribution in [3.05, 3.63) is 57.0 Å². The Morgan fingerprint density at radius 3 is 2.33 bits per heavy atom. The van der Waals surface area contributed by atoms with Gasteiger partial charge in [0.1, 0.15) is 11.6 Å². The van der Waals surface area contributed by atoms with Gasteiger partial charge in [0.25, 0.3) is 0 Å². The number of aryl methyl sites for hydroxylation is 1. The molecule has 0 aliphatic carbocycles. The number of aromatic nitrogens is 2. The number of nitrogens with zero attached hydrogens (tertiary/aromatic N) is 3. The second kappa shape index (κ2) is 9.07. The lowest BCUT2D eigenvalue weighted by Crippen LogP contribution is -2.37. The van der Waals surface area contributed by atoms with Crippen molar-refractivity contribution in [1.82, 2.24) is 10.2 Å². The molecule has 1 N–H and O–H groups in total. The molecule has 1 aromatic heterocycles. The average molecular weight is 506 g/mol. The Kier molecular flexibility index (Phi) is 6.88. The number of amides is 1. The number of anilines is 2. The number of sulfonamides is 1. The molecule has 0 saturated heterocycles. The lowest BCUT2D eigenvalue weighted by atomic mass is 10.2. The number of rotatable bonds is 6. The maximum atomic E-state index is 12.5. The van der Waals surface area contributed by atoms with E-state index >= 15 is 0 Å². The summed E-state index contributed by atoms with van der Waals surface area (Å²) in [6.07, 6.45) is 0.958. The van der Waals surface area contributed by atoms with E-state index in [2.05, 4.69) is 15.5 Å². The molecule has 1 heterocycles. The summed E-state index contributed by atoms with van der Waals surface area (Å²) in [7, 11) is -3.85. The zero-order chi connectivity index (χ0) is 22.1. The molecule has 3 aromatic rings. The molecule has 0 atom stereocenters. The second-order valence-electron chi connectivity index (χ2n) is 6.31. The van der Waals surface area contributed by atoms with Crippen LogP contribution >= 0.6 is 46.1 Å². The third-order valence-corrected chi connectivity index (χ3v) is 6.95. The van der Waals surface area contributed by atoms with Crippen LogP contribution in [-0.2, 0) is 14.8 Å². The van der Waals surface area contributed by atoms with Crippen molar-refractivity contribution in [3.63, 3.8) is 0 Å². The monoisotopic (exact) mass is 504 g/mol. The first-order chi connectivity index (χ1) is 14.0. The first-order valence-corrected chi connectivity index (χ1v) is 12.2. The second-order valence-corrected chi connectivity index (χ2v) is 10.4. The molecule has 0 aliphatic rings. The Morgan fingerprint density at radius 2 is 1.70 bits per heavy atom. The average Bonchev–Trinajstić information content (AvgIpc) is 3.11. The summed E-state index contributed by atoms with van der Waals surface area (Å²) in [5.74, 6) is -0.617. The van der Waals surface area contributed by atoms with E-state index in [0.717, 1.165) is 21.7 Å². The number of carbonyl (C=O) groups is 1. The fourth-order valence-corrected chi connectivity index (χ4v) is 4.78. The van der Waals surface area contributed by atoms with E-state index in [1.54, 1.807) is 0 Å². The van der Waals surface area contributed by atoms with Crippen molar-refractivity contribution in [2.45, 2.75) is 6.92 Å². The van der Waals surface area contributed by atoms with Crippen LogP contribution in [0.4, 0.5) is 10.8 Å². The predicted octanol–water partition coefficient (Wildman–Crippen LogP) is 4.88. The van der Waals surface area contributed by atoms with Gasteiger partial charge in [-0.3, -0.25) is 14.4 Å². The summed E-state index contributed by atoms with van der Waals surface area (Å²) in [6, 6.07) is 10.3. The number of hydrogen-bond donors (Lipinski definition) is 1. The third kappa shape index (κ3) is 5.41. The first-order valence-electron chi connectivity index (χ1n) is 8.37. The van der Waals surface area contributed by atoms with Crippen molar-refractivity contribution >= 4 is 72.9 Å². The van der Waals surface area contributed by atoms with E-state index in [9.17, 15) is 13.2 Å². The Morgan fingerprint density at radius 1 is 1.07 bits per heavy atom. The summed E-state index contributed by atoms with van der Waals surface area (Å²) in [4.78, 5) is 12.5. The molecule has 0 saturated carbocycles. The zero-order valence-corrected chi connectivity index (χ0v) is 19.6. The number of halogens is 3. The summed E-state index contributed by atoms with van der Waals surface area (Å²) in [5.41, 5.74) is 2.01. The van der Waals surface area contributed by atoms with Crippen LogP contribution in [0.1, 0.15) is 5.56 Å². The van der Waals surface area contributed by atoms with Gasteiger partial charge >= 0.3 is 0 Å². The summed E-state index contributed by atoms with van der Waals surface area (Å²) in [6.45, 7) is 1.44. The van der Waals surface area contributed by atoms with E-state index in [0.29, 0.717) is 5.01 Å². The van der Waals surface area contributed by atoms with Crippen LogP contribution in [0.15, 0.2) is 36.4 Å². The summed E-state index contributed by atoms with van der Waals surface area (Å²) in [5, 5.41) is 11.7. The molecule has 0 fully saturated rings. The molecule has 7 nitrogen and oxygen atoms in total. The van der Waals surface area contributed by atoms with Gasteiger partial charge in [-0.15, -0.1) is 10.2 Å². The van der Waals surface area contributed by atoms with Crippen LogP contribution in [-0.4, -0.2) is 37.3 Å². The molecule has 0 spiro atoms. The van der Waals surface area contributed by atoms with E-state index in [1.807, 2.05) is 31.2 Å². The minimum atomic E-state index is -3.85. The van der Waals surface area contributed by atoms with Gasteiger partial charge in [-0.05, 0) is 19.1 Å². The van der Waals surface area contributed by atoms with Gasteiger partial charge in [-0.2, -0.15) is 0 Å². The minimum absolute atomic E-state index is 0.0418. The smallest absolute Gasteiger partial charge is 0.246 e. The number of carbonyl (C=O) groups excluding carboxylic acids is 1. The predicted molar refractivity (Wildman–Crippen MR) is 122 cm³/mol. The van der Waals surface area contributed by atoms with Crippen LogP contribution in [0, 0.1) is 6.92 Å². The molecule has 12 heteroatoms. The molecule has 0 radical (unpaired) electrons. The van der Waals surface area contributed by atoms with Crippen molar-refractivity contribution in [3.8, 4) is 10.6 Å². The van der Waals surface area contributed by atoms with Gasteiger partial charge in [0.05, 0.1) is 27.0 Å². The Bertz CT molecular complexity index is 1200. The van der Waals surface area contributed by atoms with Crippen LogP contribution in [0.25, 0.3) is 10.6 Å².